The Balaban J connectivity index is 1.29. The van der Waals surface area contributed by atoms with Crippen LogP contribution in [0, 0.1) is 5.92 Å². The monoisotopic (exact) mass is 575 g/mol. The summed E-state index contributed by atoms with van der Waals surface area (Å²) in [4.78, 5) is 48.7. The van der Waals surface area contributed by atoms with Crippen LogP contribution in [-0.4, -0.2) is 30.8 Å². The molecule has 0 unspecified atom stereocenters. The van der Waals surface area contributed by atoms with E-state index in [9.17, 15) is 19.2 Å². The number of anilines is 1. The van der Waals surface area contributed by atoms with Gasteiger partial charge in [0.15, 0.2) is 5.58 Å². The van der Waals surface area contributed by atoms with Gasteiger partial charge in [0.05, 0.1) is 4.47 Å². The molecule has 0 saturated heterocycles. The maximum atomic E-state index is 12.4. The molecule has 0 bridgehead atoms. The van der Waals surface area contributed by atoms with E-state index in [1.807, 2.05) is 0 Å². The first-order valence-electron chi connectivity index (χ1n) is 10.2. The predicted molar refractivity (Wildman–Crippen MR) is 130 cm³/mol. The van der Waals surface area contributed by atoms with Gasteiger partial charge < -0.3 is 20.4 Å². The average molecular weight is 577 g/mol. The van der Waals surface area contributed by atoms with Crippen LogP contribution in [0.5, 0.6) is 0 Å². The van der Waals surface area contributed by atoms with E-state index in [4.69, 9.17) is 4.42 Å². The first-order chi connectivity index (χ1) is 15.8. The number of fused-ring (bicyclic) bond motifs is 1. The van der Waals surface area contributed by atoms with Gasteiger partial charge in [0.25, 0.3) is 11.8 Å². The molecule has 10 heteroatoms. The molecule has 2 aromatic carbocycles. The second-order valence-corrected chi connectivity index (χ2v) is 9.38. The van der Waals surface area contributed by atoms with Crippen LogP contribution < -0.4 is 21.6 Å². The SMILES string of the molecule is O=C(NCCNC(=O)c1cc2cc(Br)cc(Br)c2oc1=O)c1ccc(NC(=O)C2CC2)cc1. The topological polar surface area (TPSA) is 118 Å². The van der Waals surface area contributed by atoms with Gasteiger partial charge in [-0.05, 0) is 71.2 Å². The van der Waals surface area contributed by atoms with Gasteiger partial charge in [0.2, 0.25) is 5.91 Å². The number of carbonyl (C=O) groups excluding carboxylic acids is 3. The van der Waals surface area contributed by atoms with Crippen molar-refractivity contribution in [3.63, 3.8) is 0 Å². The zero-order valence-electron chi connectivity index (χ0n) is 17.2. The molecule has 170 valence electrons. The van der Waals surface area contributed by atoms with Crippen LogP contribution in [0.4, 0.5) is 5.69 Å². The Morgan fingerprint density at radius 3 is 2.27 bits per heavy atom. The van der Waals surface area contributed by atoms with Crippen molar-refractivity contribution >= 4 is 66.2 Å². The Labute approximate surface area is 205 Å². The zero-order chi connectivity index (χ0) is 23.5. The number of hydrogen-bond acceptors (Lipinski definition) is 5. The summed E-state index contributed by atoms with van der Waals surface area (Å²) >= 11 is 6.69. The molecule has 3 aromatic rings. The molecule has 1 heterocycles. The minimum absolute atomic E-state index is 0.00339. The third-order valence-corrected chi connectivity index (χ3v) is 6.10. The Morgan fingerprint density at radius 2 is 1.61 bits per heavy atom. The first kappa shape index (κ1) is 23.2. The molecule has 4 rings (SSSR count). The molecule has 0 aliphatic heterocycles. The molecule has 0 radical (unpaired) electrons. The lowest BCUT2D eigenvalue weighted by Crippen LogP contribution is -2.36. The maximum Gasteiger partial charge on any atom is 0.349 e. The molecule has 0 spiro atoms. The minimum Gasteiger partial charge on any atom is -0.421 e. The molecule has 3 N–H and O–H groups in total. The van der Waals surface area contributed by atoms with Gasteiger partial charge >= 0.3 is 5.63 Å². The Hall–Kier alpha value is -2.98. The van der Waals surface area contributed by atoms with Gasteiger partial charge in [-0.2, -0.15) is 0 Å². The predicted octanol–water partition coefficient (Wildman–Crippen LogP) is 3.83. The highest BCUT2D eigenvalue weighted by Gasteiger charge is 2.29. The molecule has 3 amide bonds. The van der Waals surface area contributed by atoms with Crippen LogP contribution in [-0.2, 0) is 4.79 Å². The minimum atomic E-state index is -0.749. The fraction of sp³-hybridized carbons (Fsp3) is 0.217. The number of nitrogens with one attached hydrogen (secondary N) is 3. The fourth-order valence-corrected chi connectivity index (χ4v) is 4.50. The molecule has 33 heavy (non-hydrogen) atoms. The van der Waals surface area contributed by atoms with Crippen molar-refractivity contribution in [1.82, 2.24) is 10.6 Å². The van der Waals surface area contributed by atoms with E-state index in [2.05, 4.69) is 47.8 Å². The largest absolute Gasteiger partial charge is 0.421 e. The summed E-state index contributed by atoms with van der Waals surface area (Å²) in [5, 5.41) is 8.71. The number of rotatable bonds is 7. The quantitative estimate of drug-likeness (QED) is 0.292. The van der Waals surface area contributed by atoms with E-state index < -0.39 is 11.5 Å². The smallest absolute Gasteiger partial charge is 0.349 e. The summed E-state index contributed by atoms with van der Waals surface area (Å²) in [5.74, 6) is -0.799. The third-order valence-electron chi connectivity index (χ3n) is 5.06. The molecule has 1 aromatic heterocycles. The van der Waals surface area contributed by atoms with Crippen LogP contribution in [0.2, 0.25) is 0 Å². The van der Waals surface area contributed by atoms with E-state index >= 15 is 0 Å². The number of hydrogen-bond donors (Lipinski definition) is 3. The lowest BCUT2D eigenvalue weighted by atomic mass is 10.2. The highest BCUT2D eigenvalue weighted by Crippen LogP contribution is 2.30. The summed E-state index contributed by atoms with van der Waals surface area (Å²) in [6, 6.07) is 11.5. The van der Waals surface area contributed by atoms with Crippen molar-refractivity contribution in [2.45, 2.75) is 12.8 Å². The van der Waals surface area contributed by atoms with Gasteiger partial charge in [0.1, 0.15) is 5.56 Å². The zero-order valence-corrected chi connectivity index (χ0v) is 20.4. The van der Waals surface area contributed by atoms with Gasteiger partial charge in [-0.15, -0.1) is 0 Å². The molecule has 8 nitrogen and oxygen atoms in total. The molecule has 1 saturated carbocycles. The molecule has 1 fully saturated rings. The van der Waals surface area contributed by atoms with Gasteiger partial charge in [-0.1, -0.05) is 15.9 Å². The summed E-state index contributed by atoms with van der Waals surface area (Å²) < 4.78 is 6.63. The summed E-state index contributed by atoms with van der Waals surface area (Å²) in [5.41, 5.74) is 0.551. The van der Waals surface area contributed by atoms with Crippen LogP contribution in [0.3, 0.4) is 0 Å². The van der Waals surface area contributed by atoms with Crippen LogP contribution >= 0.6 is 31.9 Å². The molecular formula is C23H19Br2N3O5. The lowest BCUT2D eigenvalue weighted by molar-refractivity contribution is -0.117. The number of amides is 3. The molecule has 0 atom stereocenters. The second kappa shape index (κ2) is 9.88. The number of halogens is 2. The van der Waals surface area contributed by atoms with Gasteiger partial charge in [-0.25, -0.2) is 4.79 Å². The molecular weight excluding hydrogens is 558 g/mol. The summed E-state index contributed by atoms with van der Waals surface area (Å²) in [6.07, 6.45) is 1.84. The van der Waals surface area contributed by atoms with Crippen LogP contribution in [0.25, 0.3) is 11.0 Å². The normalized spacial score (nSPS) is 12.9. The second-order valence-electron chi connectivity index (χ2n) is 7.61. The van der Waals surface area contributed by atoms with E-state index in [-0.39, 0.29) is 36.4 Å². The molecule has 1 aliphatic carbocycles. The van der Waals surface area contributed by atoms with Gasteiger partial charge in [0, 0.05) is 40.1 Å². The van der Waals surface area contributed by atoms with Crippen LogP contribution in [0.1, 0.15) is 33.6 Å². The van der Waals surface area contributed by atoms with Crippen molar-refractivity contribution in [2.75, 3.05) is 18.4 Å². The number of benzene rings is 2. The van der Waals surface area contributed by atoms with E-state index in [1.54, 1.807) is 36.4 Å². The first-order valence-corrected chi connectivity index (χ1v) is 11.8. The average Bonchev–Trinajstić information content (AvgIpc) is 3.63. The van der Waals surface area contributed by atoms with E-state index in [1.165, 1.54) is 6.07 Å². The van der Waals surface area contributed by atoms with Crippen molar-refractivity contribution in [2.24, 2.45) is 5.92 Å². The summed E-state index contributed by atoms with van der Waals surface area (Å²) in [7, 11) is 0. The Kier molecular flexibility index (Phi) is 6.94. The maximum absolute atomic E-state index is 12.4. The van der Waals surface area contributed by atoms with Crippen molar-refractivity contribution in [3.05, 3.63) is 73.0 Å². The van der Waals surface area contributed by atoms with Crippen LogP contribution in [0.15, 0.2) is 60.6 Å². The Bertz CT molecular complexity index is 1300. The van der Waals surface area contributed by atoms with E-state index in [0.717, 1.165) is 17.3 Å². The number of carbonyl (C=O) groups is 3. The fourth-order valence-electron chi connectivity index (χ4n) is 3.16. The highest BCUT2D eigenvalue weighted by molar-refractivity contribution is 9.11. The van der Waals surface area contributed by atoms with Crippen molar-refractivity contribution in [3.8, 4) is 0 Å². The van der Waals surface area contributed by atoms with Crippen molar-refractivity contribution < 1.29 is 18.8 Å². The van der Waals surface area contributed by atoms with Crippen molar-refractivity contribution in [1.29, 1.82) is 0 Å². The van der Waals surface area contributed by atoms with E-state index in [0.29, 0.717) is 26.7 Å². The third kappa shape index (κ3) is 5.69. The standard InChI is InChI=1S/C23H19Br2N3O5/c24-15-9-14-10-17(23(32)33-19(14)18(25)11-15)22(31)27-8-7-26-20(29)12-3-5-16(6-4-12)28-21(30)13-1-2-13/h3-6,9-11,13H,1-2,7-8H2,(H,26,29)(H,27,31)(H,28,30). The Morgan fingerprint density at radius 1 is 0.939 bits per heavy atom. The highest BCUT2D eigenvalue weighted by atomic mass is 79.9. The van der Waals surface area contributed by atoms with Gasteiger partial charge in [-0.3, -0.25) is 14.4 Å². The molecule has 1 aliphatic rings. The lowest BCUT2D eigenvalue weighted by Gasteiger charge is -2.09. The summed E-state index contributed by atoms with van der Waals surface area (Å²) in [6.45, 7) is 0.292.